The number of aromatic nitrogens is 7. The summed E-state index contributed by atoms with van der Waals surface area (Å²) in [6.07, 6.45) is 13.0. The Labute approximate surface area is 251 Å². The second-order valence-electron chi connectivity index (χ2n) is 10.8. The van der Waals surface area contributed by atoms with Crippen molar-refractivity contribution in [3.63, 3.8) is 0 Å². The van der Waals surface area contributed by atoms with Crippen LogP contribution in [0.5, 0.6) is 0 Å². The van der Waals surface area contributed by atoms with Crippen LogP contribution < -0.4 is 5.32 Å². The van der Waals surface area contributed by atoms with Gasteiger partial charge in [-0.2, -0.15) is 5.10 Å². The van der Waals surface area contributed by atoms with E-state index in [-0.39, 0.29) is 17.9 Å². The number of hydrogen-bond acceptors (Lipinski definition) is 8. The smallest absolute Gasteiger partial charge is 0.311 e. The summed E-state index contributed by atoms with van der Waals surface area (Å²) in [5.41, 5.74) is 3.99. The van der Waals surface area contributed by atoms with Gasteiger partial charge >= 0.3 is 5.97 Å². The second-order valence-corrected chi connectivity index (χ2v) is 12.5. The highest BCUT2D eigenvalue weighted by atomic mass is 127. The fraction of sp³-hybridized carbons (Fsp3) is 0.393. The lowest BCUT2D eigenvalue weighted by Crippen LogP contribution is -2.52. The Bertz CT molecular complexity index is 1780. The number of aryl methyl sites for hydroxylation is 1. The minimum atomic E-state index is -0.426. The number of anilines is 1. The van der Waals surface area contributed by atoms with E-state index in [1.807, 2.05) is 48.8 Å². The molecule has 0 saturated heterocycles. The molecule has 5 aromatic rings. The van der Waals surface area contributed by atoms with E-state index >= 15 is 0 Å². The number of pyridine rings is 1. The second kappa shape index (κ2) is 10.6. The maximum Gasteiger partial charge on any atom is 0.311 e. The third-order valence-corrected chi connectivity index (χ3v) is 10.2. The molecule has 3 saturated carbocycles. The van der Waals surface area contributed by atoms with Crippen LogP contribution in [0.25, 0.3) is 39.1 Å². The highest BCUT2D eigenvalue weighted by Crippen LogP contribution is 2.47. The van der Waals surface area contributed by atoms with Gasteiger partial charge in [0.2, 0.25) is 0 Å². The molecule has 13 heteroatoms. The Balaban J connectivity index is 1.39. The zero-order valence-electron chi connectivity index (χ0n) is 22.5. The van der Waals surface area contributed by atoms with Crippen molar-refractivity contribution >= 4 is 58.7 Å². The number of hydrogen-bond donors (Lipinski definition) is 1. The van der Waals surface area contributed by atoms with Gasteiger partial charge < -0.3 is 10.1 Å². The van der Waals surface area contributed by atoms with Crippen LogP contribution in [0.1, 0.15) is 32.6 Å². The highest BCUT2D eigenvalue weighted by Gasteiger charge is 2.48. The largest absolute Gasteiger partial charge is 0.466 e. The molecule has 0 radical (unpaired) electrons. The third kappa shape index (κ3) is 4.66. The van der Waals surface area contributed by atoms with E-state index in [2.05, 4.69) is 36.6 Å². The molecular formula is C28H28FIN8O2S. The summed E-state index contributed by atoms with van der Waals surface area (Å²) in [7, 11) is 3.32. The lowest BCUT2D eigenvalue weighted by Gasteiger charge is -2.47. The van der Waals surface area contributed by atoms with E-state index in [4.69, 9.17) is 14.8 Å². The number of nitrogens with one attached hydrogen (secondary N) is 1. The van der Waals surface area contributed by atoms with Crippen molar-refractivity contribution < 1.29 is 13.9 Å². The summed E-state index contributed by atoms with van der Waals surface area (Å²) in [6, 6.07) is 3.40. The summed E-state index contributed by atoms with van der Waals surface area (Å²) >= 11 is 2.17. The number of ether oxygens (including phenoxy) is 1. The summed E-state index contributed by atoms with van der Waals surface area (Å²) in [4.78, 5) is 22.5. The Morgan fingerprint density at radius 1 is 1.15 bits per heavy atom. The maximum atomic E-state index is 14.4. The number of halogens is 2. The molecule has 0 aromatic carbocycles. The molecule has 212 valence electrons. The van der Waals surface area contributed by atoms with E-state index in [9.17, 15) is 9.18 Å². The monoisotopic (exact) mass is 686 g/mol. The first kappa shape index (κ1) is 26.7. The van der Waals surface area contributed by atoms with Crippen LogP contribution >= 0.6 is 30.3 Å². The van der Waals surface area contributed by atoms with Crippen molar-refractivity contribution in [3.05, 3.63) is 48.9 Å². The van der Waals surface area contributed by atoms with Crippen LogP contribution in [0.3, 0.4) is 0 Å². The molecule has 41 heavy (non-hydrogen) atoms. The minimum Gasteiger partial charge on any atom is -0.466 e. The number of nitrogens with zero attached hydrogens (tertiary/aromatic N) is 7. The fourth-order valence-electron chi connectivity index (χ4n) is 6.62. The summed E-state index contributed by atoms with van der Waals surface area (Å²) in [5.74, 6) is 0.900. The number of fused-ring (bicyclic) bond motifs is 5. The van der Waals surface area contributed by atoms with Crippen molar-refractivity contribution in [1.29, 1.82) is 0 Å². The summed E-state index contributed by atoms with van der Waals surface area (Å²) in [6.45, 7) is 2.21. The molecule has 3 aliphatic rings. The molecule has 0 unspecified atom stereocenters. The standard InChI is InChI=1S/C28H28FIN8O2S/c1-3-40-28(39)23-15-4-6-16(7-5-15)24(23)33-26-22-8-17(18-10-32-36(2)12-18)13-37(22)35-25(34-26)21-14-38(41-30)27-20(21)9-19(29)11-31-27/h8-16,23-24H,3-7H2,1-2H3,(H,33,34,35)/t15-,16+,23-,24-/m0/s1. The zero-order chi connectivity index (χ0) is 28.2. The van der Waals surface area contributed by atoms with Gasteiger partial charge in [0.1, 0.15) is 11.3 Å². The first-order chi connectivity index (χ1) is 19.9. The van der Waals surface area contributed by atoms with Crippen molar-refractivity contribution in [1.82, 2.24) is 33.3 Å². The van der Waals surface area contributed by atoms with Gasteiger partial charge in [0.15, 0.2) is 17.3 Å². The van der Waals surface area contributed by atoms with Crippen LogP contribution in [0.4, 0.5) is 10.2 Å². The van der Waals surface area contributed by atoms with Gasteiger partial charge in [-0.3, -0.25) is 13.4 Å². The van der Waals surface area contributed by atoms with E-state index < -0.39 is 5.82 Å². The molecule has 3 aliphatic carbocycles. The molecule has 10 nitrogen and oxygen atoms in total. The minimum absolute atomic E-state index is 0.102. The van der Waals surface area contributed by atoms with Crippen LogP contribution in [0, 0.1) is 23.6 Å². The average molecular weight is 687 g/mol. The Morgan fingerprint density at radius 3 is 2.68 bits per heavy atom. The predicted molar refractivity (Wildman–Crippen MR) is 164 cm³/mol. The van der Waals surface area contributed by atoms with E-state index in [0.717, 1.165) is 42.3 Å². The van der Waals surface area contributed by atoms with Crippen LogP contribution in [0.2, 0.25) is 0 Å². The SMILES string of the molecule is CCOC(=O)[C@H]1[C@H]2CC[C@H](CC2)[C@@H]1Nc1nc(-c2cn(SI)c3ncc(F)cc23)nn2cc(-c3cnn(C)c3)cc12. The van der Waals surface area contributed by atoms with Gasteiger partial charge in [-0.15, -0.1) is 5.10 Å². The van der Waals surface area contributed by atoms with Gasteiger partial charge in [-0.25, -0.2) is 18.9 Å². The van der Waals surface area contributed by atoms with Gasteiger partial charge in [-0.1, -0.05) is 0 Å². The Morgan fingerprint density at radius 2 is 1.95 bits per heavy atom. The van der Waals surface area contributed by atoms with Gasteiger partial charge in [-0.05, 0) is 56.6 Å². The molecule has 1 N–H and O–H groups in total. The van der Waals surface area contributed by atoms with E-state index in [1.165, 1.54) is 21.4 Å². The molecule has 8 rings (SSSR count). The quantitative estimate of drug-likeness (QED) is 0.167. The first-order valence-corrected chi connectivity index (χ1v) is 17.0. The number of rotatable bonds is 7. The number of carbonyl (C=O) groups excluding carboxylic acids is 1. The van der Waals surface area contributed by atoms with Crippen LogP contribution in [-0.2, 0) is 16.6 Å². The zero-order valence-corrected chi connectivity index (χ0v) is 25.5. The molecule has 5 heterocycles. The van der Waals surface area contributed by atoms with Crippen LogP contribution in [-0.4, -0.2) is 52.0 Å². The average Bonchev–Trinajstić information content (AvgIpc) is 3.70. The van der Waals surface area contributed by atoms with Gasteiger partial charge in [0.05, 0.1) is 24.9 Å². The molecule has 5 aromatic heterocycles. The van der Waals surface area contributed by atoms with Crippen molar-refractivity contribution in [2.24, 2.45) is 24.8 Å². The fourth-order valence-corrected chi connectivity index (χ4v) is 7.88. The van der Waals surface area contributed by atoms with Crippen LogP contribution in [0.15, 0.2) is 43.1 Å². The van der Waals surface area contributed by atoms with Crippen molar-refractivity contribution in [2.75, 3.05) is 11.9 Å². The first-order valence-electron chi connectivity index (χ1n) is 13.7. The Hall–Kier alpha value is -3.20. The lowest BCUT2D eigenvalue weighted by atomic mass is 9.61. The van der Waals surface area contributed by atoms with Gasteiger partial charge in [0, 0.05) is 84.1 Å². The molecule has 2 bridgehead atoms. The highest BCUT2D eigenvalue weighted by molar-refractivity contribution is 14.2. The molecular weight excluding hydrogens is 658 g/mol. The topological polar surface area (TPSA) is 104 Å². The molecule has 0 amide bonds. The summed E-state index contributed by atoms with van der Waals surface area (Å²) in [5, 5.41) is 13.5. The van der Waals surface area contributed by atoms with E-state index in [1.54, 1.807) is 9.20 Å². The summed E-state index contributed by atoms with van der Waals surface area (Å²) < 4.78 is 25.3. The number of esters is 1. The molecule has 0 aliphatic heterocycles. The molecule has 0 spiro atoms. The molecule has 3 fully saturated rings. The number of carbonyl (C=O) groups is 1. The van der Waals surface area contributed by atoms with E-state index in [0.29, 0.717) is 46.7 Å². The maximum absolute atomic E-state index is 14.4. The molecule has 2 atom stereocenters. The van der Waals surface area contributed by atoms with Crippen molar-refractivity contribution in [3.8, 4) is 22.5 Å². The van der Waals surface area contributed by atoms with Crippen molar-refractivity contribution in [2.45, 2.75) is 38.6 Å². The Kier molecular flexibility index (Phi) is 6.88. The van der Waals surface area contributed by atoms with Gasteiger partial charge in [0.25, 0.3) is 0 Å². The lowest BCUT2D eigenvalue weighted by molar-refractivity contribution is -0.154. The normalized spacial score (nSPS) is 22.0. The predicted octanol–water partition coefficient (Wildman–Crippen LogP) is 5.91. The third-order valence-electron chi connectivity index (χ3n) is 8.48.